The lowest BCUT2D eigenvalue weighted by atomic mass is 9.91. The molecule has 0 bridgehead atoms. The molecule has 1 atom stereocenters. The molecular weight excluding hydrogens is 656 g/mol. The maximum atomic E-state index is 14.1. The maximum absolute atomic E-state index is 14.1. The van der Waals surface area contributed by atoms with E-state index in [-0.39, 0.29) is 30.3 Å². The first kappa shape index (κ1) is 32.3. The number of hydrogen-bond donors (Lipinski definition) is 1. The van der Waals surface area contributed by atoms with Gasteiger partial charge in [0.2, 0.25) is 11.8 Å². The predicted octanol–water partition coefficient (Wildman–Crippen LogP) is 4.91. The van der Waals surface area contributed by atoms with Crippen molar-refractivity contribution in [2.75, 3.05) is 57.7 Å². The van der Waals surface area contributed by atoms with Crippen molar-refractivity contribution < 1.29 is 14.4 Å². The van der Waals surface area contributed by atoms with Crippen molar-refractivity contribution in [1.82, 2.24) is 24.9 Å². The Labute approximate surface area is 279 Å². The van der Waals surface area contributed by atoms with Crippen LogP contribution < -0.4 is 10.6 Å². The van der Waals surface area contributed by atoms with Crippen LogP contribution in [0.15, 0.2) is 40.9 Å². The maximum Gasteiger partial charge on any atom is 0.322 e. The lowest BCUT2D eigenvalue weighted by molar-refractivity contribution is -0.143. The number of piperazine rings is 1. The van der Waals surface area contributed by atoms with Gasteiger partial charge >= 0.3 is 6.03 Å². The van der Waals surface area contributed by atoms with Gasteiger partial charge < -0.3 is 20.0 Å². The number of halogens is 2. The minimum atomic E-state index is -0.447. The summed E-state index contributed by atoms with van der Waals surface area (Å²) >= 11 is 9.98. The topological polar surface area (TPSA) is 90.3 Å². The number of rotatable bonds is 7. The second-order valence-electron chi connectivity index (χ2n) is 12.9. The van der Waals surface area contributed by atoms with Crippen LogP contribution in [0.2, 0.25) is 5.02 Å². The average molecular weight is 699 g/mol. The van der Waals surface area contributed by atoms with Crippen LogP contribution in [-0.2, 0) is 22.6 Å². The smallest absolute Gasteiger partial charge is 0.322 e. The van der Waals surface area contributed by atoms with E-state index in [4.69, 9.17) is 11.6 Å². The standard InChI is InChI=1S/C34H43BrClN6O3/c1-23-18-24(20-29(35)32(23)36)19-26(33(44)41-14-6-27(7-15-41)39-16-10-37-11-17-39)21-31(43)40-12-8-28(9-13-40)42-22-25-4-2-3-5-30(25)38-34(42)45/h2-5,18,20,26-28H,6-17,19,21-22H2,1H3,(H,38,45). The van der Waals surface area contributed by atoms with Gasteiger partial charge in [-0.15, -0.1) is 0 Å². The summed E-state index contributed by atoms with van der Waals surface area (Å²) in [7, 11) is 0. The molecule has 11 heteroatoms. The molecule has 4 aliphatic rings. The number of likely N-dealkylation sites (tertiary alicyclic amines) is 2. The molecule has 2 aromatic carbocycles. The lowest BCUT2D eigenvalue weighted by Gasteiger charge is -2.41. The Kier molecular flexibility index (Phi) is 10.3. The quantitative estimate of drug-likeness (QED) is 0.445. The number of amides is 4. The van der Waals surface area contributed by atoms with Crippen molar-refractivity contribution in [3.63, 3.8) is 0 Å². The fraction of sp³-hybridized carbons (Fsp3) is 0.559. The molecule has 1 radical (unpaired) electrons. The number of benzene rings is 2. The van der Waals surface area contributed by atoms with E-state index in [1.165, 1.54) is 0 Å². The number of fused-ring (bicyclic) bond motifs is 1. The highest BCUT2D eigenvalue weighted by molar-refractivity contribution is 9.10. The summed E-state index contributed by atoms with van der Waals surface area (Å²) in [5, 5.41) is 8.16. The van der Waals surface area contributed by atoms with E-state index in [0.29, 0.717) is 37.1 Å². The summed E-state index contributed by atoms with van der Waals surface area (Å²) in [5.41, 5.74) is 3.92. The third-order valence-electron chi connectivity index (χ3n) is 10.0. The predicted molar refractivity (Wildman–Crippen MR) is 179 cm³/mol. The summed E-state index contributed by atoms with van der Waals surface area (Å²) in [6.07, 6.45) is 4.02. The van der Waals surface area contributed by atoms with Crippen LogP contribution >= 0.6 is 27.5 Å². The summed E-state index contributed by atoms with van der Waals surface area (Å²) in [4.78, 5) is 49.0. The third kappa shape index (κ3) is 7.50. The Bertz CT molecular complexity index is 1380. The minimum absolute atomic E-state index is 0.0111. The molecule has 9 nitrogen and oxygen atoms in total. The van der Waals surface area contributed by atoms with E-state index < -0.39 is 5.92 Å². The van der Waals surface area contributed by atoms with Crippen LogP contribution in [0.1, 0.15) is 48.8 Å². The zero-order valence-electron chi connectivity index (χ0n) is 26.0. The van der Waals surface area contributed by atoms with Crippen molar-refractivity contribution in [2.24, 2.45) is 5.92 Å². The van der Waals surface area contributed by atoms with Crippen LogP contribution in [0, 0.1) is 12.8 Å². The minimum Gasteiger partial charge on any atom is -0.343 e. The van der Waals surface area contributed by atoms with E-state index in [9.17, 15) is 14.4 Å². The van der Waals surface area contributed by atoms with Crippen LogP contribution in [0.25, 0.3) is 0 Å². The molecule has 3 fully saturated rings. The van der Waals surface area contributed by atoms with Crippen molar-refractivity contribution in [3.05, 3.63) is 62.6 Å². The molecule has 1 unspecified atom stereocenters. The normalized spacial score (nSPS) is 21.0. The van der Waals surface area contributed by atoms with Gasteiger partial charge in [0.1, 0.15) is 0 Å². The highest BCUT2D eigenvalue weighted by Crippen LogP contribution is 2.31. The van der Waals surface area contributed by atoms with Gasteiger partial charge in [0.05, 0.1) is 10.9 Å². The Morgan fingerprint density at radius 2 is 1.64 bits per heavy atom. The number of hydrogen-bond acceptors (Lipinski definition) is 4. The molecular formula is C34H43BrClN6O3. The fourth-order valence-electron chi connectivity index (χ4n) is 7.43. The highest BCUT2D eigenvalue weighted by Gasteiger charge is 2.36. The molecule has 0 spiro atoms. The molecule has 6 rings (SSSR count). The van der Waals surface area contributed by atoms with Crippen LogP contribution in [-0.4, -0.2) is 102 Å². The van der Waals surface area contributed by atoms with Crippen molar-refractivity contribution in [3.8, 4) is 0 Å². The van der Waals surface area contributed by atoms with Crippen LogP contribution in [0.3, 0.4) is 0 Å². The van der Waals surface area contributed by atoms with Crippen molar-refractivity contribution >= 4 is 51.1 Å². The summed E-state index contributed by atoms with van der Waals surface area (Å²) in [6.45, 7) is 8.95. The van der Waals surface area contributed by atoms with Crippen LogP contribution in [0.5, 0.6) is 0 Å². The van der Waals surface area contributed by atoms with Gasteiger partial charge in [-0.1, -0.05) is 35.9 Å². The molecule has 0 aliphatic carbocycles. The molecule has 3 saturated heterocycles. The number of urea groups is 1. The number of carbonyl (C=O) groups excluding carboxylic acids is 3. The number of anilines is 1. The molecule has 45 heavy (non-hydrogen) atoms. The van der Waals surface area contributed by atoms with Gasteiger partial charge in [0.15, 0.2) is 0 Å². The van der Waals surface area contributed by atoms with Crippen molar-refractivity contribution in [1.29, 1.82) is 0 Å². The van der Waals surface area contributed by atoms with Gasteiger partial charge in [0.25, 0.3) is 0 Å². The monoisotopic (exact) mass is 697 g/mol. The number of para-hydroxylation sites is 1. The molecule has 2 aromatic rings. The second-order valence-corrected chi connectivity index (χ2v) is 14.1. The van der Waals surface area contributed by atoms with Gasteiger partial charge in [-0.25, -0.2) is 10.1 Å². The first-order valence-electron chi connectivity index (χ1n) is 16.3. The molecule has 4 heterocycles. The van der Waals surface area contributed by atoms with Gasteiger partial charge in [-0.3, -0.25) is 14.5 Å². The average Bonchev–Trinajstić information content (AvgIpc) is 3.06. The SMILES string of the molecule is Cc1cc(CC(CC(=O)N2CCC(N3Cc4ccccc4NC3=O)CC2)C(=O)N2CCC(N3CC[N]CC3)CC2)cc(Br)c1Cl. The molecule has 0 aromatic heterocycles. The zero-order valence-corrected chi connectivity index (χ0v) is 28.4. The second kappa shape index (κ2) is 14.4. The molecule has 4 amide bonds. The van der Waals surface area contributed by atoms with E-state index >= 15 is 0 Å². The number of nitrogens with zero attached hydrogens (tertiary/aromatic N) is 5. The summed E-state index contributed by atoms with van der Waals surface area (Å²) < 4.78 is 0.803. The van der Waals surface area contributed by atoms with E-state index in [1.807, 2.05) is 58.0 Å². The van der Waals surface area contributed by atoms with E-state index in [1.54, 1.807) is 0 Å². The number of aryl methyl sites for hydroxylation is 1. The van der Waals surface area contributed by atoms with E-state index in [0.717, 1.165) is 91.8 Å². The first-order valence-corrected chi connectivity index (χ1v) is 17.5. The molecule has 4 aliphatic heterocycles. The first-order chi connectivity index (χ1) is 21.8. The zero-order chi connectivity index (χ0) is 31.5. The Balaban J connectivity index is 1.09. The highest BCUT2D eigenvalue weighted by atomic mass is 79.9. The number of nitrogens with one attached hydrogen (secondary N) is 1. The van der Waals surface area contributed by atoms with Gasteiger partial charge in [-0.2, -0.15) is 0 Å². The lowest BCUT2D eigenvalue weighted by Crippen LogP contribution is -2.53. The van der Waals surface area contributed by atoms with Crippen molar-refractivity contribution in [2.45, 2.75) is 64.1 Å². The fourth-order valence-corrected chi connectivity index (χ4v) is 8.14. The van der Waals surface area contributed by atoms with Gasteiger partial charge in [-0.05, 0) is 83.8 Å². The molecule has 0 saturated carbocycles. The van der Waals surface area contributed by atoms with E-state index in [2.05, 4.69) is 31.5 Å². The molecule has 1 N–H and O–H groups in total. The third-order valence-corrected chi connectivity index (χ3v) is 11.4. The molecule has 241 valence electrons. The van der Waals surface area contributed by atoms with Gasteiger partial charge in [0, 0.05) is 87.6 Å². The Morgan fingerprint density at radius 3 is 2.36 bits per heavy atom. The number of carbonyl (C=O) groups is 3. The van der Waals surface area contributed by atoms with Crippen LogP contribution in [0.4, 0.5) is 10.5 Å². The number of piperidine rings is 2. The Morgan fingerprint density at radius 1 is 0.978 bits per heavy atom. The summed E-state index contributed by atoms with van der Waals surface area (Å²) in [6, 6.07) is 12.4. The summed E-state index contributed by atoms with van der Waals surface area (Å²) in [5.74, 6) is -0.368. The Hall–Kier alpha value is -2.66. The largest absolute Gasteiger partial charge is 0.343 e.